The molecule has 15 heavy (non-hydrogen) atoms. The van der Waals surface area contributed by atoms with E-state index in [-0.39, 0.29) is 0 Å². The van der Waals surface area contributed by atoms with E-state index in [0.29, 0.717) is 5.15 Å². The van der Waals surface area contributed by atoms with Crippen molar-refractivity contribution in [1.82, 2.24) is 9.78 Å². The molecule has 0 aliphatic carbocycles. The lowest BCUT2D eigenvalue weighted by atomic mass is 10.3. The first-order chi connectivity index (χ1) is 7.31. The van der Waals surface area contributed by atoms with Gasteiger partial charge in [-0.2, -0.15) is 5.10 Å². The van der Waals surface area contributed by atoms with E-state index in [1.54, 1.807) is 4.68 Å². The van der Waals surface area contributed by atoms with Crippen LogP contribution < -0.4 is 0 Å². The number of benzene rings is 1. The molecule has 78 valence electrons. The topological polar surface area (TPSA) is 17.8 Å². The number of rotatable bonds is 3. The van der Waals surface area contributed by atoms with Gasteiger partial charge >= 0.3 is 0 Å². The van der Waals surface area contributed by atoms with Crippen LogP contribution in [0, 0.1) is 0 Å². The highest BCUT2D eigenvalue weighted by atomic mass is 35.5. The molecule has 0 N–H and O–H groups in total. The van der Waals surface area contributed by atoms with Gasteiger partial charge in [-0.15, -0.1) is 0 Å². The Kier molecular flexibility index (Phi) is 3.07. The van der Waals surface area contributed by atoms with E-state index >= 15 is 0 Å². The van der Waals surface area contributed by atoms with Crippen LogP contribution in [0.4, 0.5) is 0 Å². The Balaban J connectivity index is 2.36. The summed E-state index contributed by atoms with van der Waals surface area (Å²) in [7, 11) is 0. The maximum absolute atomic E-state index is 6.12. The maximum Gasteiger partial charge on any atom is 0.133 e. The zero-order chi connectivity index (χ0) is 10.7. The second kappa shape index (κ2) is 4.49. The Morgan fingerprint density at radius 2 is 2.00 bits per heavy atom. The molecule has 0 saturated carbocycles. The van der Waals surface area contributed by atoms with Crippen LogP contribution in [0.25, 0.3) is 5.69 Å². The highest BCUT2D eigenvalue weighted by molar-refractivity contribution is 6.29. The average Bonchev–Trinajstić information content (AvgIpc) is 2.61. The van der Waals surface area contributed by atoms with Crippen molar-refractivity contribution in [3.8, 4) is 5.69 Å². The number of aromatic nitrogens is 2. The van der Waals surface area contributed by atoms with Gasteiger partial charge in [-0.1, -0.05) is 43.1 Å². The van der Waals surface area contributed by atoms with Crippen LogP contribution in [0.1, 0.15) is 19.0 Å². The largest absolute Gasteiger partial charge is 0.222 e. The molecule has 0 spiro atoms. The van der Waals surface area contributed by atoms with Crippen molar-refractivity contribution >= 4 is 11.6 Å². The van der Waals surface area contributed by atoms with E-state index in [9.17, 15) is 0 Å². The van der Waals surface area contributed by atoms with E-state index in [1.807, 2.05) is 36.4 Å². The Morgan fingerprint density at radius 1 is 1.27 bits per heavy atom. The summed E-state index contributed by atoms with van der Waals surface area (Å²) >= 11 is 6.12. The molecule has 0 atom stereocenters. The van der Waals surface area contributed by atoms with E-state index in [1.165, 1.54) is 0 Å². The van der Waals surface area contributed by atoms with Gasteiger partial charge in [0.2, 0.25) is 0 Å². The smallest absolute Gasteiger partial charge is 0.133 e. The molecule has 0 unspecified atom stereocenters. The van der Waals surface area contributed by atoms with Crippen LogP contribution in [0.5, 0.6) is 0 Å². The predicted octanol–water partition coefficient (Wildman–Crippen LogP) is 3.48. The maximum atomic E-state index is 6.12. The standard InChI is InChI=1S/C12H13ClN2/c1-2-6-10-9-12(13)15(14-10)11-7-4-3-5-8-11/h3-5,7-9H,2,6H2,1H3. The zero-order valence-corrected chi connectivity index (χ0v) is 9.41. The lowest BCUT2D eigenvalue weighted by Crippen LogP contribution is -1.96. The van der Waals surface area contributed by atoms with Crippen molar-refractivity contribution in [1.29, 1.82) is 0 Å². The highest BCUT2D eigenvalue weighted by Crippen LogP contribution is 2.17. The number of hydrogen-bond acceptors (Lipinski definition) is 1. The van der Waals surface area contributed by atoms with Crippen LogP contribution in [-0.2, 0) is 6.42 Å². The molecule has 3 heteroatoms. The third-order valence-electron chi connectivity index (χ3n) is 2.22. The van der Waals surface area contributed by atoms with E-state index in [4.69, 9.17) is 11.6 Å². The van der Waals surface area contributed by atoms with Gasteiger partial charge in [0.25, 0.3) is 0 Å². The normalized spacial score (nSPS) is 10.5. The van der Waals surface area contributed by atoms with E-state index in [2.05, 4.69) is 12.0 Å². The summed E-state index contributed by atoms with van der Waals surface area (Å²) in [4.78, 5) is 0. The minimum Gasteiger partial charge on any atom is -0.222 e. The molecule has 0 saturated heterocycles. The third-order valence-corrected chi connectivity index (χ3v) is 2.49. The van der Waals surface area contributed by atoms with Gasteiger partial charge < -0.3 is 0 Å². The van der Waals surface area contributed by atoms with Crippen molar-refractivity contribution in [2.45, 2.75) is 19.8 Å². The minimum absolute atomic E-state index is 0.671. The van der Waals surface area contributed by atoms with Crippen LogP contribution in [0.2, 0.25) is 5.15 Å². The predicted molar refractivity (Wildman–Crippen MR) is 62.6 cm³/mol. The van der Waals surface area contributed by atoms with E-state index in [0.717, 1.165) is 24.2 Å². The van der Waals surface area contributed by atoms with Gasteiger partial charge in [0.15, 0.2) is 0 Å². The Hall–Kier alpha value is -1.28. The van der Waals surface area contributed by atoms with E-state index < -0.39 is 0 Å². The molecular formula is C12H13ClN2. The quantitative estimate of drug-likeness (QED) is 0.775. The summed E-state index contributed by atoms with van der Waals surface area (Å²) in [5.41, 5.74) is 2.05. The summed E-state index contributed by atoms with van der Waals surface area (Å²) in [5, 5.41) is 5.13. The first-order valence-corrected chi connectivity index (χ1v) is 5.49. The summed E-state index contributed by atoms with van der Waals surface area (Å²) < 4.78 is 1.77. The molecule has 1 aromatic heterocycles. The number of nitrogens with zero attached hydrogens (tertiary/aromatic N) is 2. The fourth-order valence-corrected chi connectivity index (χ4v) is 1.79. The Labute approximate surface area is 94.5 Å². The van der Waals surface area contributed by atoms with Gasteiger partial charge in [-0.05, 0) is 24.6 Å². The first kappa shape index (κ1) is 10.2. The molecule has 2 nitrogen and oxygen atoms in total. The molecule has 0 aliphatic rings. The lowest BCUT2D eigenvalue weighted by molar-refractivity contribution is 0.807. The Bertz CT molecular complexity index is 434. The first-order valence-electron chi connectivity index (χ1n) is 5.11. The van der Waals surface area contributed by atoms with Gasteiger partial charge in [-0.25, -0.2) is 4.68 Å². The number of para-hydroxylation sites is 1. The average molecular weight is 221 g/mol. The van der Waals surface area contributed by atoms with Crippen molar-refractivity contribution < 1.29 is 0 Å². The van der Waals surface area contributed by atoms with Gasteiger partial charge in [0.05, 0.1) is 11.4 Å². The zero-order valence-electron chi connectivity index (χ0n) is 8.65. The number of aryl methyl sites for hydroxylation is 1. The minimum atomic E-state index is 0.671. The van der Waals surface area contributed by atoms with Gasteiger partial charge in [-0.3, -0.25) is 0 Å². The molecule has 0 amide bonds. The van der Waals surface area contributed by atoms with Crippen molar-refractivity contribution in [3.63, 3.8) is 0 Å². The van der Waals surface area contributed by atoms with Gasteiger partial charge in [0, 0.05) is 0 Å². The monoisotopic (exact) mass is 220 g/mol. The SMILES string of the molecule is CCCc1cc(Cl)n(-c2ccccc2)n1. The van der Waals surface area contributed by atoms with Crippen LogP contribution >= 0.6 is 11.6 Å². The summed E-state index contributed by atoms with van der Waals surface area (Å²) in [5.74, 6) is 0. The number of hydrogen-bond donors (Lipinski definition) is 0. The fraction of sp³-hybridized carbons (Fsp3) is 0.250. The van der Waals surface area contributed by atoms with Crippen LogP contribution in [0.15, 0.2) is 36.4 Å². The van der Waals surface area contributed by atoms with Crippen LogP contribution in [-0.4, -0.2) is 9.78 Å². The van der Waals surface area contributed by atoms with Crippen molar-refractivity contribution in [3.05, 3.63) is 47.2 Å². The molecular weight excluding hydrogens is 208 g/mol. The Morgan fingerprint density at radius 3 is 2.67 bits per heavy atom. The summed E-state index contributed by atoms with van der Waals surface area (Å²) in [6.45, 7) is 2.13. The summed E-state index contributed by atoms with van der Waals surface area (Å²) in [6.07, 6.45) is 2.06. The molecule has 2 aromatic rings. The number of halogens is 1. The lowest BCUT2D eigenvalue weighted by Gasteiger charge is -2.01. The molecule has 1 heterocycles. The van der Waals surface area contributed by atoms with Gasteiger partial charge in [0.1, 0.15) is 5.15 Å². The molecule has 0 aliphatic heterocycles. The van der Waals surface area contributed by atoms with Crippen LogP contribution in [0.3, 0.4) is 0 Å². The molecule has 0 bridgehead atoms. The van der Waals surface area contributed by atoms with Crippen molar-refractivity contribution in [2.24, 2.45) is 0 Å². The van der Waals surface area contributed by atoms with Crippen molar-refractivity contribution in [2.75, 3.05) is 0 Å². The molecule has 0 fully saturated rings. The molecule has 0 radical (unpaired) electrons. The fourth-order valence-electron chi connectivity index (χ4n) is 1.53. The second-order valence-electron chi connectivity index (χ2n) is 3.46. The highest BCUT2D eigenvalue weighted by Gasteiger charge is 2.06. The second-order valence-corrected chi connectivity index (χ2v) is 3.84. The molecule has 1 aromatic carbocycles. The molecule has 2 rings (SSSR count). The summed E-state index contributed by atoms with van der Waals surface area (Å²) in [6, 6.07) is 11.9. The third kappa shape index (κ3) is 2.21.